The Hall–Kier alpha value is -3.19. The fourth-order valence-corrected chi connectivity index (χ4v) is 4.63. The highest BCUT2D eigenvalue weighted by molar-refractivity contribution is 5.98. The molecule has 1 atom stereocenters. The number of carbonyl (C=O) groups excluding carboxylic acids is 3. The average Bonchev–Trinajstić information content (AvgIpc) is 3.21. The molecule has 1 spiro atoms. The van der Waals surface area contributed by atoms with Crippen molar-refractivity contribution in [1.29, 1.82) is 0 Å². The van der Waals surface area contributed by atoms with Gasteiger partial charge in [-0.3, -0.25) is 19.3 Å². The molecule has 4 rings (SSSR count). The summed E-state index contributed by atoms with van der Waals surface area (Å²) in [6.07, 6.45) is 0.957. The third-order valence-electron chi connectivity index (χ3n) is 6.46. The Morgan fingerprint density at radius 1 is 1.00 bits per heavy atom. The minimum Gasteiger partial charge on any atom is -0.353 e. The maximum absolute atomic E-state index is 13.6. The molecule has 7 heteroatoms. The van der Waals surface area contributed by atoms with Crippen LogP contribution in [0.5, 0.6) is 0 Å². The second-order valence-electron chi connectivity index (χ2n) is 9.00. The molecule has 2 heterocycles. The summed E-state index contributed by atoms with van der Waals surface area (Å²) < 4.78 is 6.22. The lowest BCUT2D eigenvalue weighted by Gasteiger charge is -2.44. The van der Waals surface area contributed by atoms with Crippen LogP contribution in [0.1, 0.15) is 42.6 Å². The fraction of sp³-hybridized carbons (Fsp3) is 0.423. The molecule has 2 aromatic rings. The quantitative estimate of drug-likeness (QED) is 0.761. The number of hydrogen-bond acceptors (Lipinski definition) is 4. The molecule has 174 valence electrons. The number of hydrogen-bond donors (Lipinski definition) is 1. The maximum Gasteiger partial charge on any atom is 0.256 e. The van der Waals surface area contributed by atoms with Crippen LogP contribution in [0, 0.1) is 5.92 Å². The van der Waals surface area contributed by atoms with Gasteiger partial charge in [-0.2, -0.15) is 0 Å². The number of likely N-dealkylation sites (tertiary alicyclic amines) is 1. The van der Waals surface area contributed by atoms with Crippen LogP contribution in [0.15, 0.2) is 60.7 Å². The zero-order valence-electron chi connectivity index (χ0n) is 19.2. The van der Waals surface area contributed by atoms with Crippen LogP contribution in [0.2, 0.25) is 0 Å². The number of benzene rings is 2. The predicted molar refractivity (Wildman–Crippen MR) is 124 cm³/mol. The molecular formula is C26H31N3O4. The van der Waals surface area contributed by atoms with E-state index in [-0.39, 0.29) is 30.2 Å². The fourth-order valence-electron chi connectivity index (χ4n) is 4.63. The topological polar surface area (TPSA) is 79.0 Å². The molecule has 7 nitrogen and oxygen atoms in total. The summed E-state index contributed by atoms with van der Waals surface area (Å²) in [4.78, 5) is 42.7. The van der Waals surface area contributed by atoms with Crippen LogP contribution in [0.25, 0.3) is 0 Å². The minimum atomic E-state index is -0.893. The van der Waals surface area contributed by atoms with E-state index >= 15 is 0 Å². The summed E-state index contributed by atoms with van der Waals surface area (Å²) in [5, 5.41) is 2.96. The van der Waals surface area contributed by atoms with E-state index in [0.29, 0.717) is 38.0 Å². The van der Waals surface area contributed by atoms with Gasteiger partial charge < -0.3 is 15.0 Å². The van der Waals surface area contributed by atoms with Crippen molar-refractivity contribution in [3.8, 4) is 0 Å². The molecule has 0 aromatic heterocycles. The third kappa shape index (κ3) is 4.78. The van der Waals surface area contributed by atoms with Crippen molar-refractivity contribution < 1.29 is 19.1 Å². The first-order valence-corrected chi connectivity index (χ1v) is 11.5. The second kappa shape index (κ2) is 9.75. The van der Waals surface area contributed by atoms with Gasteiger partial charge in [0.05, 0.1) is 6.61 Å². The predicted octanol–water partition coefficient (Wildman–Crippen LogP) is 2.82. The van der Waals surface area contributed by atoms with Crippen molar-refractivity contribution in [3.63, 3.8) is 0 Å². The highest BCUT2D eigenvalue weighted by atomic mass is 16.5. The summed E-state index contributed by atoms with van der Waals surface area (Å²) in [6, 6.07) is 17.9. The first-order chi connectivity index (χ1) is 15.9. The highest BCUT2D eigenvalue weighted by Gasteiger charge is 2.54. The minimum absolute atomic E-state index is 0.0814. The van der Waals surface area contributed by atoms with E-state index in [1.165, 1.54) is 0 Å². The molecule has 0 aliphatic carbocycles. The van der Waals surface area contributed by atoms with Gasteiger partial charge >= 0.3 is 0 Å². The smallest absolute Gasteiger partial charge is 0.256 e. The van der Waals surface area contributed by atoms with Gasteiger partial charge in [-0.25, -0.2) is 0 Å². The van der Waals surface area contributed by atoms with Gasteiger partial charge in [-0.05, 0) is 17.7 Å². The first kappa shape index (κ1) is 23.0. The molecule has 2 aromatic carbocycles. The van der Waals surface area contributed by atoms with Crippen molar-refractivity contribution in [2.24, 2.45) is 5.92 Å². The van der Waals surface area contributed by atoms with E-state index in [4.69, 9.17) is 4.74 Å². The lowest BCUT2D eigenvalue weighted by Crippen LogP contribution is -2.60. The summed E-state index contributed by atoms with van der Waals surface area (Å²) in [6.45, 7) is 5.28. The number of piperidine rings is 1. The molecule has 0 bridgehead atoms. The molecule has 2 fully saturated rings. The molecule has 0 saturated carbocycles. The van der Waals surface area contributed by atoms with Crippen LogP contribution in [-0.2, 0) is 20.9 Å². The summed E-state index contributed by atoms with van der Waals surface area (Å²) >= 11 is 0. The number of carbonyl (C=O) groups is 3. The molecule has 1 unspecified atom stereocenters. The van der Waals surface area contributed by atoms with Crippen molar-refractivity contribution in [1.82, 2.24) is 15.1 Å². The number of ether oxygens (including phenoxy) is 1. The Morgan fingerprint density at radius 3 is 2.21 bits per heavy atom. The molecule has 2 saturated heterocycles. The van der Waals surface area contributed by atoms with Crippen LogP contribution in [0.3, 0.4) is 0 Å². The summed E-state index contributed by atoms with van der Waals surface area (Å²) in [7, 11) is 0. The standard InChI is InChI=1S/C26H31N3O4/c1-19(2)24(31)28-15-13-26(14-16-28)29(25(32)21-11-7-4-8-12-21)22(18-33-26)23(30)27-17-20-9-5-3-6-10-20/h3-12,19,22H,13-18H2,1-2H3,(H,27,30). The van der Waals surface area contributed by atoms with Crippen molar-refractivity contribution in [2.75, 3.05) is 19.7 Å². The lowest BCUT2D eigenvalue weighted by atomic mass is 9.95. The van der Waals surface area contributed by atoms with Crippen molar-refractivity contribution >= 4 is 17.7 Å². The SMILES string of the molecule is CC(C)C(=O)N1CCC2(CC1)OCC(C(=O)NCc1ccccc1)N2C(=O)c1ccccc1. The van der Waals surface area contributed by atoms with Gasteiger partial charge in [0.25, 0.3) is 5.91 Å². The number of amides is 3. The summed E-state index contributed by atoms with van der Waals surface area (Å²) in [5.74, 6) is -0.444. The number of rotatable bonds is 5. The molecular weight excluding hydrogens is 418 g/mol. The highest BCUT2D eigenvalue weighted by Crippen LogP contribution is 2.38. The Morgan fingerprint density at radius 2 is 1.61 bits per heavy atom. The van der Waals surface area contributed by atoms with E-state index in [0.717, 1.165) is 5.56 Å². The Balaban J connectivity index is 1.55. The van der Waals surface area contributed by atoms with Crippen LogP contribution in [0.4, 0.5) is 0 Å². The maximum atomic E-state index is 13.6. The van der Waals surface area contributed by atoms with E-state index in [1.54, 1.807) is 17.0 Å². The van der Waals surface area contributed by atoms with Gasteiger partial charge in [0, 0.05) is 44.0 Å². The molecule has 0 radical (unpaired) electrons. The van der Waals surface area contributed by atoms with Crippen LogP contribution >= 0.6 is 0 Å². The van der Waals surface area contributed by atoms with Crippen molar-refractivity contribution in [3.05, 3.63) is 71.8 Å². The van der Waals surface area contributed by atoms with Crippen LogP contribution < -0.4 is 5.32 Å². The molecule has 2 aliphatic heterocycles. The molecule has 2 aliphatic rings. The number of nitrogens with zero attached hydrogens (tertiary/aromatic N) is 2. The van der Waals surface area contributed by atoms with Gasteiger partial charge in [-0.15, -0.1) is 0 Å². The number of nitrogens with one attached hydrogen (secondary N) is 1. The zero-order valence-corrected chi connectivity index (χ0v) is 19.2. The van der Waals surface area contributed by atoms with E-state index in [2.05, 4.69) is 5.32 Å². The molecule has 33 heavy (non-hydrogen) atoms. The van der Waals surface area contributed by atoms with Gasteiger partial charge in [0.2, 0.25) is 11.8 Å². The van der Waals surface area contributed by atoms with Gasteiger partial charge in [0.1, 0.15) is 11.8 Å². The molecule has 1 N–H and O–H groups in total. The Kier molecular flexibility index (Phi) is 6.79. The Labute approximate surface area is 194 Å². The largest absolute Gasteiger partial charge is 0.353 e. The molecule has 3 amide bonds. The second-order valence-corrected chi connectivity index (χ2v) is 9.00. The average molecular weight is 450 g/mol. The van der Waals surface area contributed by atoms with Crippen molar-refractivity contribution in [2.45, 2.75) is 45.0 Å². The normalized spacial score (nSPS) is 19.7. The van der Waals surface area contributed by atoms with Gasteiger partial charge in [0.15, 0.2) is 0 Å². The van der Waals surface area contributed by atoms with E-state index < -0.39 is 11.8 Å². The first-order valence-electron chi connectivity index (χ1n) is 11.5. The summed E-state index contributed by atoms with van der Waals surface area (Å²) in [5.41, 5.74) is 0.611. The van der Waals surface area contributed by atoms with E-state index in [9.17, 15) is 14.4 Å². The van der Waals surface area contributed by atoms with E-state index in [1.807, 2.05) is 67.3 Å². The third-order valence-corrected chi connectivity index (χ3v) is 6.46. The lowest BCUT2D eigenvalue weighted by molar-refractivity contribution is -0.146. The van der Waals surface area contributed by atoms with Gasteiger partial charge in [-0.1, -0.05) is 62.4 Å². The van der Waals surface area contributed by atoms with Crippen LogP contribution in [-0.4, -0.2) is 59.0 Å². The Bertz CT molecular complexity index is 985. The zero-order chi connectivity index (χ0) is 23.4. The monoisotopic (exact) mass is 449 g/mol.